The Bertz CT molecular complexity index is 3220. The Hall–Kier alpha value is -7.89. The van der Waals surface area contributed by atoms with Crippen molar-refractivity contribution in [2.45, 2.75) is 0 Å². The molecule has 5 nitrogen and oxygen atoms in total. The zero-order chi connectivity index (χ0) is 38.4. The highest BCUT2D eigenvalue weighted by Gasteiger charge is 2.26. The average molecular weight is 746 g/mol. The second-order valence-corrected chi connectivity index (χ2v) is 14.4. The second kappa shape index (κ2) is 14.0. The molecular weight excluding hydrogens is 711 g/mol. The molecule has 5 heteroatoms. The number of fused-ring (bicyclic) bond motifs is 5. The monoisotopic (exact) mass is 745 g/mol. The van der Waals surface area contributed by atoms with Gasteiger partial charge in [-0.2, -0.15) is 0 Å². The minimum atomic E-state index is 0.554. The third kappa shape index (κ3) is 5.76. The van der Waals surface area contributed by atoms with Gasteiger partial charge in [-0.1, -0.05) is 146 Å². The summed E-state index contributed by atoms with van der Waals surface area (Å²) in [5.74, 6) is 0.554. The lowest BCUT2D eigenvalue weighted by Crippen LogP contribution is -2.14. The van der Waals surface area contributed by atoms with Crippen molar-refractivity contribution >= 4 is 77.9 Å². The molecule has 0 aliphatic heterocycles. The van der Waals surface area contributed by atoms with E-state index in [4.69, 9.17) is 13.8 Å². The summed E-state index contributed by atoms with van der Waals surface area (Å²) >= 11 is 0. The zero-order valence-electron chi connectivity index (χ0n) is 31.4. The molecule has 0 saturated heterocycles. The summed E-state index contributed by atoms with van der Waals surface area (Å²) in [6, 6.07) is 73.8. The Labute approximate surface area is 335 Å². The van der Waals surface area contributed by atoms with Gasteiger partial charge in [0.25, 0.3) is 0 Å². The van der Waals surface area contributed by atoms with Crippen molar-refractivity contribution in [3.63, 3.8) is 0 Å². The van der Waals surface area contributed by atoms with Gasteiger partial charge in [-0.05, 0) is 83.2 Å². The van der Waals surface area contributed by atoms with E-state index in [0.717, 1.165) is 89.0 Å². The van der Waals surface area contributed by atoms with Gasteiger partial charge in [0.05, 0.1) is 22.7 Å². The first-order chi connectivity index (χ1) is 28.8. The van der Waals surface area contributed by atoms with E-state index in [2.05, 4.69) is 168 Å². The first-order valence-electron chi connectivity index (χ1n) is 19.5. The van der Waals surface area contributed by atoms with Crippen molar-refractivity contribution < 1.29 is 8.83 Å². The molecule has 0 N–H and O–H groups in total. The first kappa shape index (κ1) is 33.4. The summed E-state index contributed by atoms with van der Waals surface area (Å²) in [4.78, 5) is 9.80. The van der Waals surface area contributed by atoms with Crippen LogP contribution in [-0.4, -0.2) is 4.98 Å². The van der Waals surface area contributed by atoms with Crippen LogP contribution < -0.4 is 9.80 Å². The van der Waals surface area contributed by atoms with Crippen LogP contribution in [0.3, 0.4) is 0 Å². The number of para-hydroxylation sites is 3. The second-order valence-electron chi connectivity index (χ2n) is 14.4. The zero-order valence-corrected chi connectivity index (χ0v) is 31.4. The van der Waals surface area contributed by atoms with Crippen molar-refractivity contribution in [1.82, 2.24) is 4.98 Å². The molecule has 0 saturated carbocycles. The van der Waals surface area contributed by atoms with Crippen molar-refractivity contribution in [2.24, 2.45) is 0 Å². The molecule has 0 unspecified atom stereocenters. The molecule has 11 rings (SSSR count). The van der Waals surface area contributed by atoms with Gasteiger partial charge in [-0.25, -0.2) is 4.98 Å². The van der Waals surface area contributed by atoms with Crippen LogP contribution in [0.2, 0.25) is 0 Å². The highest BCUT2D eigenvalue weighted by Crippen LogP contribution is 2.48. The van der Waals surface area contributed by atoms with Gasteiger partial charge >= 0.3 is 0 Å². The molecule has 0 atom stereocenters. The first-order valence-corrected chi connectivity index (χ1v) is 19.5. The van der Waals surface area contributed by atoms with Gasteiger partial charge in [0.2, 0.25) is 5.89 Å². The lowest BCUT2D eigenvalue weighted by molar-refractivity contribution is 0.620. The van der Waals surface area contributed by atoms with E-state index < -0.39 is 0 Å². The van der Waals surface area contributed by atoms with E-state index in [9.17, 15) is 0 Å². The molecule has 11 aromatic rings. The number of rotatable bonds is 8. The molecule has 2 heterocycles. The lowest BCUT2D eigenvalue weighted by Gasteiger charge is -2.30. The van der Waals surface area contributed by atoms with Gasteiger partial charge in [-0.15, -0.1) is 0 Å². The van der Waals surface area contributed by atoms with Crippen LogP contribution in [0, 0.1) is 0 Å². The minimum Gasteiger partial charge on any atom is -0.454 e. The third-order valence-electron chi connectivity index (χ3n) is 10.9. The number of anilines is 6. The number of benzene rings is 9. The predicted octanol–water partition coefficient (Wildman–Crippen LogP) is 15.2. The molecule has 58 heavy (non-hydrogen) atoms. The van der Waals surface area contributed by atoms with Gasteiger partial charge < -0.3 is 18.6 Å². The summed E-state index contributed by atoms with van der Waals surface area (Å²) in [5.41, 5.74) is 11.9. The molecule has 0 amide bonds. The molecule has 0 aliphatic carbocycles. The average Bonchev–Trinajstić information content (AvgIpc) is 3.91. The van der Waals surface area contributed by atoms with Crippen LogP contribution >= 0.6 is 0 Å². The fourth-order valence-corrected chi connectivity index (χ4v) is 8.16. The Morgan fingerprint density at radius 1 is 0.345 bits per heavy atom. The SMILES string of the molecule is c1ccc(-c2ccc(N(c3cc(N(c4ccccc4)c4cccc5ccccc45)c4oc(-c5ccccc5)nc4c3)c3cccc4c3oc3ccccc34)cc2)cc1. The molecule has 274 valence electrons. The fourth-order valence-electron chi connectivity index (χ4n) is 8.16. The van der Waals surface area contributed by atoms with E-state index in [1.165, 1.54) is 0 Å². The quantitative estimate of drug-likeness (QED) is 0.155. The Morgan fingerprint density at radius 3 is 1.72 bits per heavy atom. The number of nitrogens with zero attached hydrogens (tertiary/aromatic N) is 3. The molecule has 0 bridgehead atoms. The van der Waals surface area contributed by atoms with Gasteiger partial charge in [0.15, 0.2) is 11.2 Å². The maximum Gasteiger partial charge on any atom is 0.227 e. The number of oxazole rings is 1. The predicted molar refractivity (Wildman–Crippen MR) is 239 cm³/mol. The number of hydrogen-bond acceptors (Lipinski definition) is 5. The number of furan rings is 1. The van der Waals surface area contributed by atoms with Gasteiger partial charge in [0.1, 0.15) is 11.1 Å². The molecule has 0 radical (unpaired) electrons. The van der Waals surface area contributed by atoms with Gasteiger partial charge in [0, 0.05) is 33.1 Å². The molecule has 2 aromatic heterocycles. The summed E-state index contributed by atoms with van der Waals surface area (Å²) in [7, 11) is 0. The summed E-state index contributed by atoms with van der Waals surface area (Å²) < 4.78 is 13.6. The van der Waals surface area contributed by atoms with Crippen LogP contribution in [-0.2, 0) is 0 Å². The highest BCUT2D eigenvalue weighted by molar-refractivity contribution is 6.11. The van der Waals surface area contributed by atoms with E-state index in [1.54, 1.807) is 0 Å². The fraction of sp³-hybridized carbons (Fsp3) is 0. The minimum absolute atomic E-state index is 0.554. The Balaban J connectivity index is 1.21. The van der Waals surface area contributed by atoms with E-state index in [1.807, 2.05) is 54.6 Å². The van der Waals surface area contributed by atoms with Crippen molar-refractivity contribution in [1.29, 1.82) is 0 Å². The van der Waals surface area contributed by atoms with Crippen LogP contribution in [0.1, 0.15) is 0 Å². The van der Waals surface area contributed by atoms with Crippen LogP contribution in [0.4, 0.5) is 34.1 Å². The highest BCUT2D eigenvalue weighted by atomic mass is 16.3. The standard InChI is InChI=1S/C53H35N3O2/c1-4-16-36(17-5-1)37-30-32-41(33-31-37)55(48-28-15-26-45-44-25-12-13-29-50(44)57-51(45)48)42-34-46-52(58-53(54-46)39-19-6-2-7-20-39)49(35-42)56(40-22-8-3-9-23-40)47-27-14-21-38-18-10-11-24-43(38)47/h1-35H. The summed E-state index contributed by atoms with van der Waals surface area (Å²) in [5, 5.41) is 4.39. The van der Waals surface area contributed by atoms with E-state index >= 15 is 0 Å². The Kier molecular flexibility index (Phi) is 8.07. The summed E-state index contributed by atoms with van der Waals surface area (Å²) in [6.07, 6.45) is 0. The number of aromatic nitrogens is 1. The Morgan fingerprint density at radius 2 is 0.931 bits per heavy atom. The lowest BCUT2D eigenvalue weighted by atomic mass is 10.0. The van der Waals surface area contributed by atoms with Crippen LogP contribution in [0.25, 0.3) is 66.4 Å². The van der Waals surface area contributed by atoms with E-state index in [0.29, 0.717) is 11.5 Å². The molecule has 0 spiro atoms. The van der Waals surface area contributed by atoms with Crippen LogP contribution in [0.15, 0.2) is 221 Å². The van der Waals surface area contributed by atoms with Crippen LogP contribution in [0.5, 0.6) is 0 Å². The van der Waals surface area contributed by atoms with E-state index in [-0.39, 0.29) is 0 Å². The maximum atomic E-state index is 6.85. The molecule has 0 fully saturated rings. The van der Waals surface area contributed by atoms with Gasteiger partial charge in [-0.3, -0.25) is 0 Å². The summed E-state index contributed by atoms with van der Waals surface area (Å²) in [6.45, 7) is 0. The largest absolute Gasteiger partial charge is 0.454 e. The normalized spacial score (nSPS) is 11.4. The van der Waals surface area contributed by atoms with Crippen molar-refractivity contribution in [3.05, 3.63) is 212 Å². The maximum absolute atomic E-state index is 6.85. The molecular formula is C53H35N3O2. The smallest absolute Gasteiger partial charge is 0.227 e. The van der Waals surface area contributed by atoms with Crippen molar-refractivity contribution in [2.75, 3.05) is 9.80 Å². The number of hydrogen-bond donors (Lipinski definition) is 0. The third-order valence-corrected chi connectivity index (χ3v) is 10.9. The molecule has 9 aromatic carbocycles. The van der Waals surface area contributed by atoms with Crippen molar-refractivity contribution in [3.8, 4) is 22.6 Å². The topological polar surface area (TPSA) is 45.7 Å². The molecule has 0 aliphatic rings.